The van der Waals surface area contributed by atoms with Crippen LogP contribution in [0.2, 0.25) is 0 Å². The molecule has 3 aromatic carbocycles. The molecule has 31 heavy (non-hydrogen) atoms. The van der Waals surface area contributed by atoms with Gasteiger partial charge in [-0.3, -0.25) is 4.79 Å². The highest BCUT2D eigenvalue weighted by Gasteiger charge is 2.15. The third kappa shape index (κ3) is 5.82. The average Bonchev–Trinajstić information content (AvgIpc) is 2.76. The lowest BCUT2D eigenvalue weighted by Gasteiger charge is -2.19. The van der Waals surface area contributed by atoms with E-state index in [2.05, 4.69) is 55.7 Å². The summed E-state index contributed by atoms with van der Waals surface area (Å²) in [5.41, 5.74) is 7.88. The first-order chi connectivity index (χ1) is 14.8. The zero-order chi connectivity index (χ0) is 22.4. The van der Waals surface area contributed by atoms with Crippen LogP contribution in [-0.2, 0) is 17.8 Å². The monoisotopic (exact) mass is 413 g/mol. The molecule has 0 spiro atoms. The summed E-state index contributed by atoms with van der Waals surface area (Å²) in [7, 11) is 0. The number of carbonyl (C=O) groups is 1. The number of carbonyl (C=O) groups excluding carboxylic acids is 1. The van der Waals surface area contributed by atoms with Crippen LogP contribution in [-0.4, -0.2) is 17.7 Å². The van der Waals surface area contributed by atoms with E-state index in [0.717, 1.165) is 39.1 Å². The van der Waals surface area contributed by atoms with Crippen molar-refractivity contribution in [2.45, 2.75) is 46.7 Å². The Morgan fingerprint density at radius 2 is 1.65 bits per heavy atom. The zero-order valence-corrected chi connectivity index (χ0v) is 18.8. The summed E-state index contributed by atoms with van der Waals surface area (Å²) < 4.78 is 0. The number of hydrogen-bond acceptors (Lipinski definition) is 3. The Balaban J connectivity index is 1.80. The van der Waals surface area contributed by atoms with Gasteiger partial charge < -0.3 is 16.0 Å². The Hall–Kier alpha value is -3.40. The van der Waals surface area contributed by atoms with Crippen LogP contribution < -0.4 is 10.6 Å². The van der Waals surface area contributed by atoms with E-state index in [9.17, 15) is 4.79 Å². The van der Waals surface area contributed by atoms with Crippen LogP contribution in [0.15, 0.2) is 66.7 Å². The van der Waals surface area contributed by atoms with Crippen molar-refractivity contribution in [3.8, 4) is 11.1 Å². The van der Waals surface area contributed by atoms with Crippen molar-refractivity contribution in [3.63, 3.8) is 0 Å². The molecule has 1 amide bonds. The lowest BCUT2D eigenvalue weighted by molar-refractivity contribution is -0.120. The Labute approximate surface area is 185 Å². The number of anilines is 1. The zero-order valence-electron chi connectivity index (χ0n) is 18.8. The van der Waals surface area contributed by atoms with E-state index >= 15 is 0 Å². The molecule has 0 fully saturated rings. The lowest BCUT2D eigenvalue weighted by Crippen LogP contribution is -2.25. The van der Waals surface area contributed by atoms with Gasteiger partial charge in [-0.05, 0) is 67.1 Å². The normalized spacial score (nSPS) is 10.7. The van der Waals surface area contributed by atoms with Gasteiger partial charge in [-0.15, -0.1) is 0 Å². The molecule has 0 heterocycles. The highest BCUT2D eigenvalue weighted by atomic mass is 16.1. The van der Waals surface area contributed by atoms with Crippen molar-refractivity contribution >= 4 is 17.3 Å². The van der Waals surface area contributed by atoms with E-state index in [1.165, 1.54) is 0 Å². The Kier molecular flexibility index (Phi) is 7.24. The van der Waals surface area contributed by atoms with Crippen LogP contribution in [0.25, 0.3) is 11.1 Å². The van der Waals surface area contributed by atoms with Crippen molar-refractivity contribution in [2.24, 2.45) is 0 Å². The van der Waals surface area contributed by atoms with Gasteiger partial charge in [-0.1, -0.05) is 60.7 Å². The van der Waals surface area contributed by atoms with Crippen molar-refractivity contribution in [1.29, 1.82) is 5.41 Å². The van der Waals surface area contributed by atoms with E-state index in [0.29, 0.717) is 24.7 Å². The third-order valence-electron chi connectivity index (χ3n) is 5.34. The van der Waals surface area contributed by atoms with Gasteiger partial charge in [0, 0.05) is 24.0 Å². The van der Waals surface area contributed by atoms with Crippen LogP contribution in [0.1, 0.15) is 43.0 Å². The summed E-state index contributed by atoms with van der Waals surface area (Å²) >= 11 is 0. The predicted octanol–water partition coefficient (Wildman–Crippen LogP) is 5.73. The SMILES string of the molecule is CC(=N)c1ccc(CNC(=O)Cc2c(-c3ccccc3)ccc(NC(C)C)c2C)cc1. The molecule has 0 aliphatic carbocycles. The van der Waals surface area contributed by atoms with Crippen molar-refractivity contribution in [1.82, 2.24) is 5.32 Å². The molecule has 0 saturated heterocycles. The topological polar surface area (TPSA) is 65.0 Å². The fourth-order valence-corrected chi connectivity index (χ4v) is 3.64. The molecular formula is C27H31N3O. The Bertz CT molecular complexity index is 1050. The number of nitrogens with one attached hydrogen (secondary N) is 3. The number of benzene rings is 3. The highest BCUT2D eigenvalue weighted by molar-refractivity contribution is 5.96. The minimum atomic E-state index is -0.00529. The standard InChI is InChI=1S/C27H31N3O/c1-18(2)30-26-15-14-24(23-8-6-5-7-9-23)25(19(26)3)16-27(31)29-17-21-10-12-22(13-11-21)20(4)28/h5-15,18,28,30H,16-17H2,1-4H3,(H,29,31). The Morgan fingerprint density at radius 1 is 0.968 bits per heavy atom. The van der Waals surface area contributed by atoms with Gasteiger partial charge >= 0.3 is 0 Å². The smallest absolute Gasteiger partial charge is 0.224 e. The molecule has 0 bridgehead atoms. The van der Waals surface area contributed by atoms with Crippen molar-refractivity contribution < 1.29 is 4.79 Å². The summed E-state index contributed by atoms with van der Waals surface area (Å²) in [6.07, 6.45) is 0.321. The molecule has 3 rings (SSSR count). The van der Waals surface area contributed by atoms with Gasteiger partial charge in [0.2, 0.25) is 5.91 Å². The quantitative estimate of drug-likeness (QED) is 0.413. The van der Waals surface area contributed by atoms with E-state index in [-0.39, 0.29) is 5.91 Å². The predicted molar refractivity (Wildman–Crippen MR) is 130 cm³/mol. The fourth-order valence-electron chi connectivity index (χ4n) is 3.64. The molecule has 0 aliphatic rings. The largest absolute Gasteiger partial charge is 0.383 e. The summed E-state index contributed by atoms with van der Waals surface area (Å²) in [4.78, 5) is 12.9. The van der Waals surface area contributed by atoms with Gasteiger partial charge in [0.25, 0.3) is 0 Å². The maximum absolute atomic E-state index is 12.9. The lowest BCUT2D eigenvalue weighted by atomic mass is 9.92. The maximum Gasteiger partial charge on any atom is 0.224 e. The second kappa shape index (κ2) is 10.1. The van der Waals surface area contributed by atoms with E-state index in [1.54, 1.807) is 6.92 Å². The van der Waals surface area contributed by atoms with Crippen molar-refractivity contribution in [2.75, 3.05) is 5.32 Å². The minimum Gasteiger partial charge on any atom is -0.383 e. The van der Waals surface area contributed by atoms with Gasteiger partial charge in [0.15, 0.2) is 0 Å². The molecule has 0 saturated carbocycles. The van der Waals surface area contributed by atoms with Crippen LogP contribution in [0, 0.1) is 12.3 Å². The van der Waals surface area contributed by atoms with Crippen LogP contribution in [0.5, 0.6) is 0 Å². The number of hydrogen-bond donors (Lipinski definition) is 3. The number of amides is 1. The van der Waals surface area contributed by atoms with Gasteiger partial charge in [0.1, 0.15) is 0 Å². The molecule has 4 heteroatoms. The third-order valence-corrected chi connectivity index (χ3v) is 5.34. The maximum atomic E-state index is 12.9. The summed E-state index contributed by atoms with van der Waals surface area (Å²) in [6.45, 7) is 8.55. The molecule has 3 aromatic rings. The van der Waals surface area contributed by atoms with Gasteiger partial charge in [-0.2, -0.15) is 0 Å². The second-order valence-electron chi connectivity index (χ2n) is 8.20. The van der Waals surface area contributed by atoms with E-state index < -0.39 is 0 Å². The van der Waals surface area contributed by atoms with Gasteiger partial charge in [-0.25, -0.2) is 0 Å². The Morgan fingerprint density at radius 3 is 2.26 bits per heavy atom. The first-order valence-electron chi connectivity index (χ1n) is 10.7. The minimum absolute atomic E-state index is 0.00529. The second-order valence-corrected chi connectivity index (χ2v) is 8.20. The summed E-state index contributed by atoms with van der Waals surface area (Å²) in [5, 5.41) is 14.2. The number of rotatable bonds is 8. The summed E-state index contributed by atoms with van der Waals surface area (Å²) in [5.74, 6) is -0.00529. The van der Waals surface area contributed by atoms with Crippen LogP contribution in [0.4, 0.5) is 5.69 Å². The van der Waals surface area contributed by atoms with Crippen molar-refractivity contribution in [3.05, 3.63) is 89.0 Å². The first kappa shape index (κ1) is 22.3. The molecule has 0 atom stereocenters. The highest BCUT2D eigenvalue weighted by Crippen LogP contribution is 2.31. The summed E-state index contributed by atoms with van der Waals surface area (Å²) in [6, 6.07) is 22.5. The van der Waals surface area contributed by atoms with E-state index in [1.807, 2.05) is 42.5 Å². The molecular weight excluding hydrogens is 382 g/mol. The van der Waals surface area contributed by atoms with Gasteiger partial charge in [0.05, 0.1) is 6.42 Å². The van der Waals surface area contributed by atoms with Crippen LogP contribution >= 0.6 is 0 Å². The first-order valence-corrected chi connectivity index (χ1v) is 10.7. The molecule has 0 radical (unpaired) electrons. The molecule has 160 valence electrons. The molecule has 3 N–H and O–H groups in total. The molecule has 0 aromatic heterocycles. The van der Waals surface area contributed by atoms with Crippen LogP contribution in [0.3, 0.4) is 0 Å². The fraction of sp³-hybridized carbons (Fsp3) is 0.259. The molecule has 0 unspecified atom stereocenters. The average molecular weight is 414 g/mol. The molecule has 4 nitrogen and oxygen atoms in total. The molecule has 0 aliphatic heterocycles. The van der Waals surface area contributed by atoms with E-state index in [4.69, 9.17) is 5.41 Å².